The number of ether oxygens (including phenoxy) is 3. The Kier molecular flexibility index (Phi) is 9.34. The Labute approximate surface area is 202 Å². The van der Waals surface area contributed by atoms with Crippen molar-refractivity contribution in [2.75, 3.05) is 14.2 Å². The van der Waals surface area contributed by atoms with Gasteiger partial charge >= 0.3 is 5.97 Å². The van der Waals surface area contributed by atoms with E-state index < -0.39 is 5.97 Å². The Hall–Kier alpha value is -3.05. The van der Waals surface area contributed by atoms with E-state index in [1.807, 2.05) is 36.4 Å². The quantitative estimate of drug-likeness (QED) is 0.294. The molecule has 3 rings (SSSR count). The van der Waals surface area contributed by atoms with Gasteiger partial charge in [0.25, 0.3) is 0 Å². The fraction of sp³-hybridized carbons (Fsp3) is 0.414. The van der Waals surface area contributed by atoms with Crippen molar-refractivity contribution in [2.45, 2.75) is 65.1 Å². The maximum Gasteiger partial charge on any atom is 0.303 e. The van der Waals surface area contributed by atoms with E-state index in [1.165, 1.54) is 12.8 Å². The molecule has 0 aromatic heterocycles. The summed E-state index contributed by atoms with van der Waals surface area (Å²) in [6, 6.07) is 16.2. The fourth-order valence-electron chi connectivity index (χ4n) is 4.42. The molecule has 5 nitrogen and oxygen atoms in total. The van der Waals surface area contributed by atoms with Gasteiger partial charge in [0.1, 0.15) is 11.5 Å². The topological polar surface area (TPSA) is 65.0 Å². The molecule has 0 aliphatic rings. The van der Waals surface area contributed by atoms with Gasteiger partial charge in [-0.25, -0.2) is 0 Å². The lowest BCUT2D eigenvalue weighted by Crippen LogP contribution is -2.11. The van der Waals surface area contributed by atoms with Gasteiger partial charge in [0.15, 0.2) is 0 Å². The van der Waals surface area contributed by atoms with Crippen LogP contribution in [-0.2, 0) is 22.6 Å². The number of hydrogen-bond acceptors (Lipinski definition) is 4. The van der Waals surface area contributed by atoms with Gasteiger partial charge in [0, 0.05) is 6.42 Å². The van der Waals surface area contributed by atoms with Gasteiger partial charge in [-0.2, -0.15) is 0 Å². The largest absolute Gasteiger partial charge is 0.496 e. The summed E-state index contributed by atoms with van der Waals surface area (Å²) in [7, 11) is 3.34. The molecule has 1 N–H and O–H groups in total. The van der Waals surface area contributed by atoms with Crippen LogP contribution in [-0.4, -0.2) is 31.4 Å². The first-order valence-electron chi connectivity index (χ1n) is 12.1. The molecule has 3 aromatic carbocycles. The molecule has 34 heavy (non-hydrogen) atoms. The highest BCUT2D eigenvalue weighted by Gasteiger charge is 2.18. The van der Waals surface area contributed by atoms with Crippen molar-refractivity contribution in [1.29, 1.82) is 0 Å². The first kappa shape index (κ1) is 25.6. The number of unbranched alkanes of at least 4 members (excludes halogenated alkanes) is 1. The number of aliphatic carboxylic acids is 1. The van der Waals surface area contributed by atoms with Gasteiger partial charge in [0.05, 0.1) is 32.5 Å². The standard InChI is InChI=1S/C29H36O5/c1-5-7-11-22(6-2)34-19-20-17-26(32-3)29(27(18-20)33-4)25-14-9-12-23-21(15-16-28(30)31)10-8-13-24(23)25/h8-10,12-14,17-18,22H,5-7,11,15-16,19H2,1-4H3,(H,30,31). The number of carbonyl (C=O) groups is 1. The molecule has 5 heteroatoms. The predicted molar refractivity (Wildman–Crippen MR) is 137 cm³/mol. The van der Waals surface area contributed by atoms with Gasteiger partial charge in [0.2, 0.25) is 0 Å². The van der Waals surface area contributed by atoms with Crippen LogP contribution in [0.3, 0.4) is 0 Å². The molecule has 0 heterocycles. The summed E-state index contributed by atoms with van der Waals surface area (Å²) in [6.45, 7) is 4.86. The summed E-state index contributed by atoms with van der Waals surface area (Å²) >= 11 is 0. The molecule has 0 spiro atoms. The minimum Gasteiger partial charge on any atom is -0.496 e. The molecule has 0 aliphatic heterocycles. The van der Waals surface area contributed by atoms with E-state index in [2.05, 4.69) is 26.0 Å². The van der Waals surface area contributed by atoms with Crippen molar-refractivity contribution in [1.82, 2.24) is 0 Å². The summed E-state index contributed by atoms with van der Waals surface area (Å²) in [6.07, 6.45) is 5.23. The smallest absolute Gasteiger partial charge is 0.303 e. The molecule has 0 radical (unpaired) electrons. The number of hydrogen-bond donors (Lipinski definition) is 1. The van der Waals surface area contributed by atoms with E-state index in [-0.39, 0.29) is 12.5 Å². The van der Waals surface area contributed by atoms with Crippen LogP contribution < -0.4 is 9.47 Å². The molecule has 3 aromatic rings. The Bertz CT molecular complexity index is 1080. The molecule has 0 saturated heterocycles. The molecule has 1 unspecified atom stereocenters. The van der Waals surface area contributed by atoms with Crippen LogP contribution in [0.4, 0.5) is 0 Å². The summed E-state index contributed by atoms with van der Waals surface area (Å²) in [5, 5.41) is 11.2. The van der Waals surface area contributed by atoms with Crippen molar-refractivity contribution in [3.05, 3.63) is 59.7 Å². The number of fused-ring (bicyclic) bond motifs is 1. The lowest BCUT2D eigenvalue weighted by molar-refractivity contribution is -0.136. The Morgan fingerprint density at radius 1 is 0.971 bits per heavy atom. The number of methoxy groups -OCH3 is 2. The zero-order valence-corrected chi connectivity index (χ0v) is 20.7. The van der Waals surface area contributed by atoms with Crippen LogP contribution in [0.1, 0.15) is 57.1 Å². The van der Waals surface area contributed by atoms with Crippen LogP contribution in [0.15, 0.2) is 48.5 Å². The molecule has 0 saturated carbocycles. The van der Waals surface area contributed by atoms with E-state index in [1.54, 1.807) is 14.2 Å². The highest BCUT2D eigenvalue weighted by Crippen LogP contribution is 2.43. The average molecular weight is 465 g/mol. The van der Waals surface area contributed by atoms with E-state index in [4.69, 9.17) is 19.3 Å². The summed E-state index contributed by atoms with van der Waals surface area (Å²) < 4.78 is 17.8. The lowest BCUT2D eigenvalue weighted by Gasteiger charge is -2.20. The molecule has 0 fully saturated rings. The van der Waals surface area contributed by atoms with E-state index in [0.29, 0.717) is 13.0 Å². The van der Waals surface area contributed by atoms with Crippen molar-refractivity contribution < 1.29 is 24.1 Å². The van der Waals surface area contributed by atoms with E-state index in [9.17, 15) is 4.79 Å². The van der Waals surface area contributed by atoms with Crippen molar-refractivity contribution in [2.24, 2.45) is 0 Å². The van der Waals surface area contributed by atoms with Crippen LogP contribution in [0.5, 0.6) is 11.5 Å². The molecular formula is C29H36O5. The molecule has 182 valence electrons. The molecule has 0 amide bonds. The van der Waals surface area contributed by atoms with Crippen LogP contribution in [0.25, 0.3) is 21.9 Å². The average Bonchev–Trinajstić information content (AvgIpc) is 2.86. The number of carboxylic acids is 1. The van der Waals surface area contributed by atoms with Crippen LogP contribution in [0, 0.1) is 0 Å². The maximum absolute atomic E-state index is 11.1. The fourth-order valence-corrected chi connectivity index (χ4v) is 4.42. The van der Waals surface area contributed by atoms with Crippen molar-refractivity contribution in [3.63, 3.8) is 0 Å². The minimum absolute atomic E-state index is 0.0989. The zero-order chi connectivity index (χ0) is 24.5. The monoisotopic (exact) mass is 464 g/mol. The Morgan fingerprint density at radius 3 is 2.26 bits per heavy atom. The number of rotatable bonds is 13. The Balaban J connectivity index is 2.01. The first-order chi connectivity index (χ1) is 16.5. The molecule has 0 aliphatic carbocycles. The van der Waals surface area contributed by atoms with Gasteiger partial charge in [-0.15, -0.1) is 0 Å². The third kappa shape index (κ3) is 6.09. The molecule has 0 bridgehead atoms. The second kappa shape index (κ2) is 12.4. The van der Waals surface area contributed by atoms with Crippen molar-refractivity contribution >= 4 is 16.7 Å². The van der Waals surface area contributed by atoms with E-state index in [0.717, 1.165) is 57.4 Å². The maximum atomic E-state index is 11.1. The minimum atomic E-state index is -0.797. The highest BCUT2D eigenvalue weighted by molar-refractivity contribution is 6.01. The normalized spacial score (nSPS) is 12.0. The number of benzene rings is 3. The van der Waals surface area contributed by atoms with Gasteiger partial charge in [-0.3, -0.25) is 4.79 Å². The van der Waals surface area contributed by atoms with Gasteiger partial charge in [-0.1, -0.05) is 63.1 Å². The molecule has 1 atom stereocenters. The summed E-state index contributed by atoms with van der Waals surface area (Å²) in [4.78, 5) is 11.1. The SMILES string of the molecule is CCCCC(CC)OCc1cc(OC)c(-c2cccc3c(CCC(=O)O)cccc23)c(OC)c1. The van der Waals surface area contributed by atoms with Crippen LogP contribution in [0.2, 0.25) is 0 Å². The van der Waals surface area contributed by atoms with Gasteiger partial charge < -0.3 is 19.3 Å². The predicted octanol–water partition coefficient (Wildman–Crippen LogP) is 7.03. The second-order valence-electron chi connectivity index (χ2n) is 8.57. The van der Waals surface area contributed by atoms with Crippen LogP contribution >= 0.6 is 0 Å². The number of carboxylic acid groups (broad SMARTS) is 1. The van der Waals surface area contributed by atoms with E-state index >= 15 is 0 Å². The summed E-state index contributed by atoms with van der Waals surface area (Å²) in [5.41, 5.74) is 3.90. The third-order valence-corrected chi connectivity index (χ3v) is 6.28. The zero-order valence-electron chi connectivity index (χ0n) is 20.7. The summed E-state index contributed by atoms with van der Waals surface area (Å²) in [5.74, 6) is 0.653. The van der Waals surface area contributed by atoms with Crippen molar-refractivity contribution in [3.8, 4) is 22.6 Å². The highest BCUT2D eigenvalue weighted by atomic mass is 16.5. The lowest BCUT2D eigenvalue weighted by atomic mass is 9.92. The second-order valence-corrected chi connectivity index (χ2v) is 8.57. The Morgan fingerprint density at radius 2 is 1.65 bits per heavy atom. The molecular weight excluding hydrogens is 428 g/mol. The first-order valence-corrected chi connectivity index (χ1v) is 12.1. The third-order valence-electron chi connectivity index (χ3n) is 6.28. The van der Waals surface area contributed by atoms with Gasteiger partial charge in [-0.05, 0) is 58.9 Å². The number of aryl methyl sites for hydroxylation is 1.